The van der Waals surface area contributed by atoms with E-state index in [2.05, 4.69) is 10.3 Å². The van der Waals surface area contributed by atoms with Gasteiger partial charge in [0.15, 0.2) is 0 Å². The van der Waals surface area contributed by atoms with Gasteiger partial charge in [0.1, 0.15) is 5.69 Å². The molecule has 1 aliphatic rings. The summed E-state index contributed by atoms with van der Waals surface area (Å²) in [5.74, 6) is -0.480. The van der Waals surface area contributed by atoms with E-state index in [0.29, 0.717) is 12.7 Å². The molecule has 0 unspecified atom stereocenters. The number of amides is 1. The number of hydrogen-bond donors (Lipinski definition) is 2. The van der Waals surface area contributed by atoms with Crippen LogP contribution < -0.4 is 11.1 Å². The molecular formula is C13H16F3N3O. The average molecular weight is 287 g/mol. The van der Waals surface area contributed by atoms with Gasteiger partial charge in [-0.1, -0.05) is 12.8 Å². The van der Waals surface area contributed by atoms with Gasteiger partial charge in [-0.25, -0.2) is 0 Å². The molecule has 1 fully saturated rings. The van der Waals surface area contributed by atoms with E-state index >= 15 is 0 Å². The first kappa shape index (κ1) is 14.8. The minimum atomic E-state index is -4.45. The highest BCUT2D eigenvalue weighted by Gasteiger charge is 2.35. The van der Waals surface area contributed by atoms with Crippen molar-refractivity contribution in [2.45, 2.75) is 37.4 Å². The van der Waals surface area contributed by atoms with Crippen molar-refractivity contribution in [3.63, 3.8) is 0 Å². The molecule has 20 heavy (non-hydrogen) atoms. The smallest absolute Gasteiger partial charge is 0.344 e. The Labute approximate surface area is 114 Å². The molecule has 1 aromatic rings. The summed E-state index contributed by atoms with van der Waals surface area (Å²) < 4.78 is 37.2. The summed E-state index contributed by atoms with van der Waals surface area (Å²) in [6.45, 7) is 0.319. The lowest BCUT2D eigenvalue weighted by molar-refractivity contribution is -0.137. The Morgan fingerprint density at radius 3 is 2.45 bits per heavy atom. The van der Waals surface area contributed by atoms with Crippen molar-refractivity contribution in [3.8, 4) is 0 Å². The van der Waals surface area contributed by atoms with Crippen molar-refractivity contribution in [2.75, 3.05) is 6.54 Å². The second kappa shape index (κ2) is 5.40. The Balaban J connectivity index is 2.10. The van der Waals surface area contributed by atoms with Crippen LogP contribution in [0.25, 0.3) is 0 Å². The van der Waals surface area contributed by atoms with E-state index in [0.717, 1.165) is 37.8 Å². The molecule has 0 aromatic carbocycles. The Morgan fingerprint density at radius 2 is 2.00 bits per heavy atom. The lowest BCUT2D eigenvalue weighted by Gasteiger charge is -2.28. The van der Waals surface area contributed by atoms with Gasteiger partial charge in [0.25, 0.3) is 5.91 Å². The maximum absolute atomic E-state index is 12.4. The van der Waals surface area contributed by atoms with Gasteiger partial charge in [0, 0.05) is 12.7 Å². The van der Waals surface area contributed by atoms with Gasteiger partial charge in [-0.3, -0.25) is 9.78 Å². The number of hydrogen-bond acceptors (Lipinski definition) is 3. The minimum Gasteiger partial charge on any atom is -0.344 e. The molecule has 0 atom stereocenters. The molecule has 1 amide bonds. The molecule has 1 aromatic heterocycles. The van der Waals surface area contributed by atoms with Crippen LogP contribution in [0.4, 0.5) is 13.2 Å². The lowest BCUT2D eigenvalue weighted by Crippen LogP contribution is -2.51. The maximum atomic E-state index is 12.4. The van der Waals surface area contributed by atoms with E-state index in [1.165, 1.54) is 0 Å². The molecule has 0 radical (unpaired) electrons. The first-order valence-electron chi connectivity index (χ1n) is 6.42. The summed E-state index contributed by atoms with van der Waals surface area (Å²) in [6, 6.07) is 1.93. The Hall–Kier alpha value is -1.63. The van der Waals surface area contributed by atoms with Crippen LogP contribution in [-0.2, 0) is 6.18 Å². The third-order valence-corrected chi connectivity index (χ3v) is 3.65. The van der Waals surface area contributed by atoms with Crippen LogP contribution >= 0.6 is 0 Å². The molecule has 1 heterocycles. The quantitative estimate of drug-likeness (QED) is 0.894. The number of pyridine rings is 1. The highest BCUT2D eigenvalue weighted by Crippen LogP contribution is 2.30. The van der Waals surface area contributed by atoms with Crippen molar-refractivity contribution in [3.05, 3.63) is 29.6 Å². The van der Waals surface area contributed by atoms with Gasteiger partial charge < -0.3 is 11.1 Å². The number of carbonyl (C=O) groups is 1. The molecule has 1 saturated carbocycles. The van der Waals surface area contributed by atoms with Crippen molar-refractivity contribution >= 4 is 5.91 Å². The second-order valence-electron chi connectivity index (χ2n) is 5.08. The van der Waals surface area contributed by atoms with Crippen molar-refractivity contribution in [2.24, 2.45) is 5.73 Å². The first-order chi connectivity index (χ1) is 9.36. The van der Waals surface area contributed by atoms with E-state index in [1.54, 1.807) is 0 Å². The predicted octanol–water partition coefficient (Wildman–Crippen LogP) is 2.10. The van der Waals surface area contributed by atoms with Crippen LogP contribution in [0.1, 0.15) is 41.7 Å². The van der Waals surface area contributed by atoms with Gasteiger partial charge >= 0.3 is 6.18 Å². The highest BCUT2D eigenvalue weighted by atomic mass is 19.4. The summed E-state index contributed by atoms with van der Waals surface area (Å²) in [5.41, 5.74) is 4.35. The summed E-state index contributed by atoms with van der Waals surface area (Å²) in [6.07, 6.45) is -0.244. The number of nitrogens with two attached hydrogens (primary N) is 1. The number of carbonyl (C=O) groups excluding carboxylic acids is 1. The normalized spacial score (nSPS) is 18.0. The Bertz CT molecular complexity index is 479. The Kier molecular flexibility index (Phi) is 3.99. The van der Waals surface area contributed by atoms with E-state index < -0.39 is 23.2 Å². The number of halogens is 3. The Morgan fingerprint density at radius 1 is 1.35 bits per heavy atom. The van der Waals surface area contributed by atoms with E-state index in [9.17, 15) is 18.0 Å². The van der Waals surface area contributed by atoms with Crippen molar-refractivity contribution < 1.29 is 18.0 Å². The number of nitrogens with one attached hydrogen (secondary N) is 1. The van der Waals surface area contributed by atoms with Gasteiger partial charge in [-0.05, 0) is 25.0 Å². The predicted molar refractivity (Wildman–Crippen MR) is 67.0 cm³/mol. The van der Waals surface area contributed by atoms with Crippen LogP contribution in [0.2, 0.25) is 0 Å². The third kappa shape index (κ3) is 3.09. The fraction of sp³-hybridized carbons (Fsp3) is 0.538. The van der Waals surface area contributed by atoms with Gasteiger partial charge in [-0.2, -0.15) is 13.2 Å². The van der Waals surface area contributed by atoms with Crippen LogP contribution in [0.3, 0.4) is 0 Å². The highest BCUT2D eigenvalue weighted by molar-refractivity contribution is 5.92. The topological polar surface area (TPSA) is 68.0 Å². The lowest BCUT2D eigenvalue weighted by atomic mass is 9.97. The largest absolute Gasteiger partial charge is 0.417 e. The molecule has 2 rings (SSSR count). The van der Waals surface area contributed by atoms with Crippen molar-refractivity contribution in [1.29, 1.82) is 0 Å². The molecule has 0 spiro atoms. The molecule has 0 aliphatic heterocycles. The first-order valence-corrected chi connectivity index (χ1v) is 6.42. The molecule has 4 nitrogen and oxygen atoms in total. The summed E-state index contributed by atoms with van der Waals surface area (Å²) in [4.78, 5) is 15.6. The summed E-state index contributed by atoms with van der Waals surface area (Å²) in [7, 11) is 0. The van der Waals surface area contributed by atoms with Gasteiger partial charge in [0.2, 0.25) is 0 Å². The standard InChI is InChI=1S/C13H16F3N3O/c14-13(15,16)9-3-4-10(18-7-9)11(20)19-12(8-17)5-1-2-6-12/h3-4,7H,1-2,5-6,8,17H2,(H,19,20). The van der Waals surface area contributed by atoms with Crippen LogP contribution in [0.5, 0.6) is 0 Å². The van der Waals surface area contributed by atoms with E-state index in [4.69, 9.17) is 5.73 Å². The zero-order chi connectivity index (χ0) is 14.8. The number of rotatable bonds is 3. The zero-order valence-electron chi connectivity index (χ0n) is 10.8. The molecule has 0 saturated heterocycles. The molecule has 7 heteroatoms. The van der Waals surface area contributed by atoms with E-state index in [-0.39, 0.29) is 5.69 Å². The van der Waals surface area contributed by atoms with E-state index in [1.807, 2.05) is 0 Å². The summed E-state index contributed by atoms with van der Waals surface area (Å²) >= 11 is 0. The fourth-order valence-electron chi connectivity index (χ4n) is 2.43. The molecule has 3 N–H and O–H groups in total. The monoisotopic (exact) mass is 287 g/mol. The van der Waals surface area contributed by atoms with Crippen molar-refractivity contribution in [1.82, 2.24) is 10.3 Å². The number of aromatic nitrogens is 1. The molecular weight excluding hydrogens is 271 g/mol. The molecule has 1 aliphatic carbocycles. The molecule has 0 bridgehead atoms. The molecule has 110 valence electrons. The number of alkyl halides is 3. The zero-order valence-corrected chi connectivity index (χ0v) is 10.8. The SMILES string of the molecule is NCC1(NC(=O)c2ccc(C(F)(F)F)cn2)CCCC1. The van der Waals surface area contributed by atoms with Crippen LogP contribution in [0.15, 0.2) is 18.3 Å². The maximum Gasteiger partial charge on any atom is 0.417 e. The van der Waals surface area contributed by atoms with Crippen LogP contribution in [-0.4, -0.2) is 23.0 Å². The number of nitrogens with zero attached hydrogens (tertiary/aromatic N) is 1. The van der Waals surface area contributed by atoms with Gasteiger partial charge in [-0.15, -0.1) is 0 Å². The van der Waals surface area contributed by atoms with Crippen LogP contribution in [0, 0.1) is 0 Å². The average Bonchev–Trinajstić information content (AvgIpc) is 2.87. The minimum absolute atomic E-state index is 0.0299. The third-order valence-electron chi connectivity index (χ3n) is 3.65. The van der Waals surface area contributed by atoms with Gasteiger partial charge in [0.05, 0.1) is 11.1 Å². The summed E-state index contributed by atoms with van der Waals surface area (Å²) in [5, 5.41) is 2.81. The second-order valence-corrected chi connectivity index (χ2v) is 5.08. The fourth-order valence-corrected chi connectivity index (χ4v) is 2.43.